The molecule has 1 aromatic heterocycles. The van der Waals surface area contributed by atoms with E-state index in [0.717, 1.165) is 30.0 Å². The Bertz CT molecular complexity index is 767. The first kappa shape index (κ1) is 17.4. The minimum absolute atomic E-state index is 0.0819. The van der Waals surface area contributed by atoms with Gasteiger partial charge in [0.25, 0.3) is 0 Å². The van der Waals surface area contributed by atoms with E-state index in [1.807, 2.05) is 83.3 Å². The van der Waals surface area contributed by atoms with E-state index in [4.69, 9.17) is 0 Å². The Hall–Kier alpha value is -2.46. The fourth-order valence-electron chi connectivity index (χ4n) is 2.55. The zero-order valence-corrected chi connectivity index (χ0v) is 14.9. The second-order valence-electron chi connectivity index (χ2n) is 5.80. The molecular formula is C21H22N2OS. The van der Waals surface area contributed by atoms with E-state index in [0.29, 0.717) is 6.42 Å². The first-order valence-electron chi connectivity index (χ1n) is 8.48. The summed E-state index contributed by atoms with van der Waals surface area (Å²) in [5, 5.41) is 3.00. The zero-order chi connectivity index (χ0) is 17.3. The number of thioether (sulfide) groups is 1. The largest absolute Gasteiger partial charge is 0.356 e. The van der Waals surface area contributed by atoms with Crippen molar-refractivity contribution in [3.63, 3.8) is 0 Å². The molecule has 2 aromatic carbocycles. The normalized spacial score (nSPS) is 10.6. The highest BCUT2D eigenvalue weighted by Crippen LogP contribution is 2.17. The third-order valence-electron chi connectivity index (χ3n) is 3.86. The van der Waals surface area contributed by atoms with Crippen LogP contribution in [0.3, 0.4) is 0 Å². The van der Waals surface area contributed by atoms with Crippen LogP contribution in [0.15, 0.2) is 84.0 Å². The molecule has 0 unspecified atom stereocenters. The molecule has 0 aliphatic carbocycles. The first-order chi connectivity index (χ1) is 12.3. The van der Waals surface area contributed by atoms with Crippen LogP contribution in [0.2, 0.25) is 0 Å². The van der Waals surface area contributed by atoms with Gasteiger partial charge < -0.3 is 9.88 Å². The number of benzene rings is 2. The highest BCUT2D eigenvalue weighted by Gasteiger charge is 2.03. The summed E-state index contributed by atoms with van der Waals surface area (Å²) in [5.41, 5.74) is 2.14. The van der Waals surface area contributed by atoms with Crippen molar-refractivity contribution in [2.24, 2.45) is 0 Å². The number of nitrogens with zero attached hydrogens (tertiary/aromatic N) is 1. The van der Waals surface area contributed by atoms with Crippen LogP contribution >= 0.6 is 11.8 Å². The summed E-state index contributed by atoms with van der Waals surface area (Å²) >= 11 is 1.82. The second kappa shape index (κ2) is 9.14. The van der Waals surface area contributed by atoms with Crippen molar-refractivity contribution < 1.29 is 4.79 Å². The molecule has 0 spiro atoms. The zero-order valence-electron chi connectivity index (χ0n) is 14.1. The molecule has 0 bridgehead atoms. The average molecular weight is 350 g/mol. The fraction of sp³-hybridized carbons (Fsp3) is 0.190. The molecule has 0 fully saturated rings. The van der Waals surface area contributed by atoms with Gasteiger partial charge in [-0.2, -0.15) is 0 Å². The quantitative estimate of drug-likeness (QED) is 0.485. The van der Waals surface area contributed by atoms with Gasteiger partial charge in [-0.1, -0.05) is 30.3 Å². The van der Waals surface area contributed by atoms with Gasteiger partial charge in [-0.25, -0.2) is 0 Å². The van der Waals surface area contributed by atoms with Crippen molar-refractivity contribution >= 4 is 17.7 Å². The van der Waals surface area contributed by atoms with Gasteiger partial charge >= 0.3 is 0 Å². The molecule has 25 heavy (non-hydrogen) atoms. The maximum absolute atomic E-state index is 12.0. The minimum Gasteiger partial charge on any atom is -0.356 e. The highest BCUT2D eigenvalue weighted by atomic mass is 32.2. The van der Waals surface area contributed by atoms with Gasteiger partial charge in [-0.15, -0.1) is 11.8 Å². The standard InChI is InChI=1S/C21H22N2OS/c24-21(22-13-6-16-25-20-7-2-1-3-8-20)17-18-9-11-19(12-10-18)23-14-4-5-15-23/h1-5,7-12,14-15H,6,13,16-17H2,(H,22,24). The van der Waals surface area contributed by atoms with E-state index >= 15 is 0 Å². The molecule has 3 aromatic rings. The van der Waals surface area contributed by atoms with E-state index in [1.54, 1.807) is 0 Å². The molecule has 0 radical (unpaired) electrons. The lowest BCUT2D eigenvalue weighted by molar-refractivity contribution is -0.120. The van der Waals surface area contributed by atoms with Crippen LogP contribution in [0.25, 0.3) is 5.69 Å². The molecule has 1 heterocycles. The Morgan fingerprint density at radius 1 is 0.920 bits per heavy atom. The summed E-state index contributed by atoms with van der Waals surface area (Å²) < 4.78 is 2.05. The summed E-state index contributed by atoms with van der Waals surface area (Å²) in [6.45, 7) is 0.722. The van der Waals surface area contributed by atoms with Crippen LogP contribution in [-0.4, -0.2) is 22.8 Å². The van der Waals surface area contributed by atoms with Crippen LogP contribution in [0, 0.1) is 0 Å². The number of carbonyl (C=O) groups is 1. The number of aromatic nitrogens is 1. The predicted molar refractivity (Wildman–Crippen MR) is 104 cm³/mol. The third kappa shape index (κ3) is 5.54. The van der Waals surface area contributed by atoms with Gasteiger partial charge in [0.2, 0.25) is 5.91 Å². The summed E-state index contributed by atoms with van der Waals surface area (Å²) in [6.07, 6.45) is 5.42. The molecule has 128 valence electrons. The van der Waals surface area contributed by atoms with Crippen molar-refractivity contribution in [1.82, 2.24) is 9.88 Å². The first-order valence-corrected chi connectivity index (χ1v) is 9.47. The summed E-state index contributed by atoms with van der Waals surface area (Å²) in [7, 11) is 0. The molecule has 0 atom stereocenters. The topological polar surface area (TPSA) is 34.0 Å². The van der Waals surface area contributed by atoms with Gasteiger partial charge in [0.1, 0.15) is 0 Å². The number of amides is 1. The lowest BCUT2D eigenvalue weighted by atomic mass is 10.1. The number of rotatable bonds is 8. The monoisotopic (exact) mass is 350 g/mol. The van der Waals surface area contributed by atoms with Crippen LogP contribution in [0.5, 0.6) is 0 Å². The van der Waals surface area contributed by atoms with E-state index in [2.05, 4.69) is 17.4 Å². The van der Waals surface area contributed by atoms with E-state index < -0.39 is 0 Å². The van der Waals surface area contributed by atoms with Gasteiger partial charge in [0.15, 0.2) is 0 Å². The Labute approximate surface area is 153 Å². The molecule has 1 amide bonds. The average Bonchev–Trinajstić information content (AvgIpc) is 3.18. The lowest BCUT2D eigenvalue weighted by Gasteiger charge is -2.07. The molecule has 3 nitrogen and oxygen atoms in total. The van der Waals surface area contributed by atoms with E-state index in [1.165, 1.54) is 4.90 Å². The molecule has 0 aliphatic rings. The summed E-state index contributed by atoms with van der Waals surface area (Å²) in [6, 6.07) is 22.4. The van der Waals surface area contributed by atoms with Crippen molar-refractivity contribution in [2.45, 2.75) is 17.7 Å². The third-order valence-corrected chi connectivity index (χ3v) is 4.96. The van der Waals surface area contributed by atoms with E-state index in [9.17, 15) is 4.79 Å². The molecule has 1 N–H and O–H groups in total. The molecule has 0 saturated heterocycles. The summed E-state index contributed by atoms with van der Waals surface area (Å²) in [4.78, 5) is 13.3. The predicted octanol–water partition coefficient (Wildman–Crippen LogP) is 4.32. The Morgan fingerprint density at radius 2 is 1.64 bits per heavy atom. The minimum atomic E-state index is 0.0819. The van der Waals surface area contributed by atoms with Crippen molar-refractivity contribution in [1.29, 1.82) is 0 Å². The van der Waals surface area contributed by atoms with Crippen LogP contribution in [-0.2, 0) is 11.2 Å². The lowest BCUT2D eigenvalue weighted by Crippen LogP contribution is -2.26. The van der Waals surface area contributed by atoms with Crippen LogP contribution in [0.1, 0.15) is 12.0 Å². The van der Waals surface area contributed by atoms with Gasteiger partial charge in [-0.05, 0) is 54.1 Å². The van der Waals surface area contributed by atoms with Crippen molar-refractivity contribution in [3.05, 3.63) is 84.7 Å². The van der Waals surface area contributed by atoms with E-state index in [-0.39, 0.29) is 5.91 Å². The Kier molecular flexibility index (Phi) is 6.35. The summed E-state index contributed by atoms with van der Waals surface area (Å²) in [5.74, 6) is 1.09. The second-order valence-corrected chi connectivity index (χ2v) is 6.97. The highest BCUT2D eigenvalue weighted by molar-refractivity contribution is 7.99. The molecule has 3 rings (SSSR count). The molecule has 0 aliphatic heterocycles. The molecule has 4 heteroatoms. The van der Waals surface area contributed by atoms with Crippen molar-refractivity contribution in [3.8, 4) is 5.69 Å². The van der Waals surface area contributed by atoms with Gasteiger partial charge in [-0.3, -0.25) is 4.79 Å². The van der Waals surface area contributed by atoms with Crippen LogP contribution in [0.4, 0.5) is 0 Å². The van der Waals surface area contributed by atoms with Crippen LogP contribution < -0.4 is 5.32 Å². The maximum Gasteiger partial charge on any atom is 0.224 e. The van der Waals surface area contributed by atoms with Crippen molar-refractivity contribution in [2.75, 3.05) is 12.3 Å². The fourth-order valence-corrected chi connectivity index (χ4v) is 3.42. The molecule has 0 saturated carbocycles. The number of nitrogens with one attached hydrogen (secondary N) is 1. The SMILES string of the molecule is O=C(Cc1ccc(-n2cccc2)cc1)NCCCSc1ccccc1. The molecular weight excluding hydrogens is 328 g/mol. The number of hydrogen-bond acceptors (Lipinski definition) is 2. The Morgan fingerprint density at radius 3 is 2.36 bits per heavy atom. The maximum atomic E-state index is 12.0. The number of carbonyl (C=O) groups excluding carboxylic acids is 1. The number of hydrogen-bond donors (Lipinski definition) is 1. The van der Waals surface area contributed by atoms with Gasteiger partial charge in [0.05, 0.1) is 6.42 Å². The smallest absolute Gasteiger partial charge is 0.224 e. The Balaban J connectivity index is 1.36. The van der Waals surface area contributed by atoms with Gasteiger partial charge in [0, 0.05) is 29.5 Å².